The van der Waals surface area contributed by atoms with Gasteiger partial charge >= 0.3 is 0 Å². The number of carbonyl (C=O) groups is 2. The zero-order valence-electron chi connectivity index (χ0n) is 9.78. The highest BCUT2D eigenvalue weighted by molar-refractivity contribution is 14.1. The van der Waals surface area contributed by atoms with Crippen LogP contribution >= 0.6 is 90.4 Å². The lowest BCUT2D eigenvalue weighted by Crippen LogP contribution is -1.94. The van der Waals surface area contributed by atoms with Crippen molar-refractivity contribution >= 4 is 102 Å². The number of ketones is 2. The van der Waals surface area contributed by atoms with Crippen LogP contribution in [0, 0.1) is 5.77 Å². The van der Waals surface area contributed by atoms with Crippen molar-refractivity contribution < 1.29 is 9.59 Å². The summed E-state index contributed by atoms with van der Waals surface area (Å²) in [7, 11) is 0. The first kappa shape index (κ1) is 18.0. The van der Waals surface area contributed by atoms with Crippen molar-refractivity contribution in [2.75, 3.05) is 4.43 Å². The van der Waals surface area contributed by atoms with Gasteiger partial charge in [0.1, 0.15) is 0 Å². The molecule has 7 heteroatoms. The minimum absolute atomic E-state index is 0.155. The number of thiophene rings is 2. The SMILES string of the molecule is CC(=O)c1ccc(I)s1.O=C(CI)c1ccc(I)s1. The molecule has 0 unspecified atom stereocenters. The highest BCUT2D eigenvalue weighted by Crippen LogP contribution is 2.19. The molecule has 0 spiro atoms. The van der Waals surface area contributed by atoms with Crippen molar-refractivity contribution in [2.24, 2.45) is 0 Å². The van der Waals surface area contributed by atoms with Crippen molar-refractivity contribution in [1.29, 1.82) is 0 Å². The molecule has 2 rings (SSSR count). The van der Waals surface area contributed by atoms with Gasteiger partial charge in [0.2, 0.25) is 0 Å². The molecule has 2 aromatic rings. The van der Waals surface area contributed by atoms with E-state index in [1.807, 2.05) is 24.3 Å². The second kappa shape index (κ2) is 9.05. The summed E-state index contributed by atoms with van der Waals surface area (Å²) >= 11 is 9.58. The molecule has 0 saturated carbocycles. The van der Waals surface area contributed by atoms with Crippen molar-refractivity contribution in [1.82, 2.24) is 0 Å². The molecule has 0 bridgehead atoms. The quantitative estimate of drug-likeness (QED) is 0.255. The zero-order chi connectivity index (χ0) is 14.4. The number of rotatable bonds is 3. The summed E-state index contributed by atoms with van der Waals surface area (Å²) in [5, 5.41) is 0. The van der Waals surface area contributed by atoms with Gasteiger partial charge in [0.05, 0.1) is 19.9 Å². The maximum absolute atomic E-state index is 11.0. The molecule has 19 heavy (non-hydrogen) atoms. The minimum atomic E-state index is 0.155. The van der Waals surface area contributed by atoms with Gasteiger partial charge in [0.15, 0.2) is 11.6 Å². The predicted molar refractivity (Wildman–Crippen MR) is 107 cm³/mol. The lowest BCUT2D eigenvalue weighted by molar-refractivity contribution is 0.101. The predicted octanol–water partition coefficient (Wildman–Crippen LogP) is 5.53. The van der Waals surface area contributed by atoms with Gasteiger partial charge in [-0.1, -0.05) is 22.6 Å². The molecule has 0 radical (unpaired) electrons. The molecule has 2 heterocycles. The molecule has 2 aromatic heterocycles. The van der Waals surface area contributed by atoms with Crippen LogP contribution in [-0.2, 0) is 0 Å². The standard InChI is InChI=1S/C6H4I2OS.C6H5IOS/c7-3-4(9)5-1-2-6(8)10-5;1-4(8)5-2-3-6(7)9-5/h1-2H,3H2;2-3H,1H3. The molecule has 0 aromatic carbocycles. The van der Waals surface area contributed by atoms with Crippen LogP contribution in [0.4, 0.5) is 0 Å². The molecule has 102 valence electrons. The Morgan fingerprint density at radius 3 is 1.74 bits per heavy atom. The summed E-state index contributed by atoms with van der Waals surface area (Å²) in [6.07, 6.45) is 0. The average molecular weight is 630 g/mol. The first-order valence-electron chi connectivity index (χ1n) is 5.04. The smallest absolute Gasteiger partial charge is 0.182 e. The van der Waals surface area contributed by atoms with E-state index in [1.165, 1.54) is 14.2 Å². The van der Waals surface area contributed by atoms with Gasteiger partial charge in [-0.2, -0.15) is 0 Å². The van der Waals surface area contributed by atoms with Gasteiger partial charge in [-0.3, -0.25) is 9.59 Å². The van der Waals surface area contributed by atoms with Crippen molar-refractivity contribution in [3.63, 3.8) is 0 Å². The summed E-state index contributed by atoms with van der Waals surface area (Å²) in [4.78, 5) is 23.4. The van der Waals surface area contributed by atoms with Crippen LogP contribution in [0.3, 0.4) is 0 Å². The summed E-state index contributed by atoms with van der Waals surface area (Å²) in [6.45, 7) is 1.59. The first-order valence-corrected chi connectivity index (χ1v) is 10.4. The van der Waals surface area contributed by atoms with E-state index in [0.717, 1.165) is 12.6 Å². The van der Waals surface area contributed by atoms with Crippen molar-refractivity contribution in [2.45, 2.75) is 6.92 Å². The van der Waals surface area contributed by atoms with Crippen LogP contribution in [0.1, 0.15) is 26.3 Å². The Bertz CT molecular complexity index is 575. The lowest BCUT2D eigenvalue weighted by Gasteiger charge is -1.85. The highest BCUT2D eigenvalue weighted by Gasteiger charge is 2.05. The Hall–Kier alpha value is 0.930. The molecule has 0 saturated heterocycles. The van der Waals surface area contributed by atoms with Gasteiger partial charge in [0.25, 0.3) is 0 Å². The fourth-order valence-corrected chi connectivity index (χ4v) is 4.78. The Balaban J connectivity index is 0.000000191. The van der Waals surface area contributed by atoms with E-state index in [9.17, 15) is 9.59 Å². The van der Waals surface area contributed by atoms with E-state index in [2.05, 4.69) is 67.8 Å². The Kier molecular flexibility index (Phi) is 8.57. The molecule has 0 atom stereocenters. The second-order valence-corrected chi connectivity index (χ2v) is 10.0. The molecule has 0 fully saturated rings. The highest BCUT2D eigenvalue weighted by atomic mass is 127. The summed E-state index contributed by atoms with van der Waals surface area (Å²) in [5.41, 5.74) is 0. The number of carbonyl (C=O) groups excluding carboxylic acids is 2. The minimum Gasteiger partial charge on any atom is -0.294 e. The second-order valence-electron chi connectivity index (χ2n) is 3.32. The van der Waals surface area contributed by atoms with E-state index < -0.39 is 0 Å². The van der Waals surface area contributed by atoms with E-state index in [-0.39, 0.29) is 11.6 Å². The zero-order valence-corrected chi connectivity index (χ0v) is 17.9. The fraction of sp³-hybridized carbons (Fsp3) is 0.167. The van der Waals surface area contributed by atoms with E-state index in [4.69, 9.17) is 0 Å². The monoisotopic (exact) mass is 630 g/mol. The Morgan fingerprint density at radius 1 is 1.00 bits per heavy atom. The fourth-order valence-electron chi connectivity index (χ4n) is 1.03. The Labute approximate surface area is 160 Å². The molecule has 0 aliphatic carbocycles. The van der Waals surface area contributed by atoms with Crippen LogP contribution < -0.4 is 0 Å². The maximum atomic E-state index is 11.0. The third kappa shape index (κ3) is 6.48. The summed E-state index contributed by atoms with van der Waals surface area (Å²) in [5.74, 6) is 0.386. The third-order valence-electron chi connectivity index (χ3n) is 1.89. The summed E-state index contributed by atoms with van der Waals surface area (Å²) in [6, 6.07) is 7.65. The maximum Gasteiger partial charge on any atom is 0.182 e. The number of alkyl halides is 1. The number of hydrogen-bond donors (Lipinski definition) is 0. The van der Waals surface area contributed by atoms with Gasteiger partial charge in [-0.15, -0.1) is 22.7 Å². The molecular formula is C12H9I3O2S2. The van der Waals surface area contributed by atoms with Crippen LogP contribution in [0.2, 0.25) is 0 Å². The third-order valence-corrected chi connectivity index (χ3v) is 6.51. The molecule has 0 aliphatic rings. The van der Waals surface area contributed by atoms with Crippen LogP contribution in [0.5, 0.6) is 0 Å². The molecular weight excluding hydrogens is 621 g/mol. The van der Waals surface area contributed by atoms with E-state index in [1.54, 1.807) is 18.3 Å². The Morgan fingerprint density at radius 2 is 1.47 bits per heavy atom. The number of Topliss-reactive ketones (excluding diaryl/α,β-unsaturated/α-hetero) is 2. The van der Waals surface area contributed by atoms with Gasteiger partial charge < -0.3 is 0 Å². The lowest BCUT2D eigenvalue weighted by atomic mass is 10.4. The van der Waals surface area contributed by atoms with E-state index in [0.29, 0.717) is 4.43 Å². The number of hydrogen-bond acceptors (Lipinski definition) is 4. The normalized spacial score (nSPS) is 9.68. The topological polar surface area (TPSA) is 34.1 Å². The largest absolute Gasteiger partial charge is 0.294 e. The van der Waals surface area contributed by atoms with Crippen LogP contribution in [0.15, 0.2) is 24.3 Å². The molecule has 0 N–H and O–H groups in total. The van der Waals surface area contributed by atoms with Gasteiger partial charge in [0, 0.05) is 0 Å². The van der Waals surface area contributed by atoms with Crippen molar-refractivity contribution in [3.05, 3.63) is 39.8 Å². The molecule has 2 nitrogen and oxygen atoms in total. The van der Waals surface area contributed by atoms with Gasteiger partial charge in [-0.25, -0.2) is 0 Å². The van der Waals surface area contributed by atoms with Crippen molar-refractivity contribution in [3.8, 4) is 0 Å². The van der Waals surface area contributed by atoms with Gasteiger partial charge in [-0.05, 0) is 76.4 Å². The van der Waals surface area contributed by atoms with Crippen LogP contribution in [-0.4, -0.2) is 16.0 Å². The molecule has 0 amide bonds. The average Bonchev–Trinajstić information content (AvgIpc) is 2.98. The molecule has 0 aliphatic heterocycles. The van der Waals surface area contributed by atoms with Crippen LogP contribution in [0.25, 0.3) is 0 Å². The summed E-state index contributed by atoms with van der Waals surface area (Å²) < 4.78 is 2.91. The van der Waals surface area contributed by atoms with E-state index >= 15 is 0 Å². The number of halogens is 3. The first-order chi connectivity index (χ1) is 8.93.